The van der Waals surface area contributed by atoms with Gasteiger partial charge in [-0.05, 0) is 78.0 Å². The van der Waals surface area contributed by atoms with Crippen LogP contribution in [0, 0.1) is 5.92 Å². The van der Waals surface area contributed by atoms with Crippen LogP contribution in [0.15, 0.2) is 18.2 Å². The molecule has 5 heterocycles. The van der Waals surface area contributed by atoms with Gasteiger partial charge in [0.15, 0.2) is 36.7 Å². The third kappa shape index (κ3) is 11.7. The highest BCUT2D eigenvalue weighted by Crippen LogP contribution is 2.46. The molecule has 0 bridgehead atoms. The quantitative estimate of drug-likeness (QED) is 0.120. The Morgan fingerprint density at radius 3 is 1.71 bits per heavy atom. The maximum atomic E-state index is 14.9. The van der Waals surface area contributed by atoms with E-state index in [4.69, 9.17) is 52.1 Å². The summed E-state index contributed by atoms with van der Waals surface area (Å²) < 4.78 is 66.2. The summed E-state index contributed by atoms with van der Waals surface area (Å²) in [5.74, 6) is -3.68. The number of aliphatic hydroxyl groups excluding tert-OH is 7. The van der Waals surface area contributed by atoms with Crippen LogP contribution in [0.1, 0.15) is 96.5 Å². The SMILES string of the molecule is COC(C(=O)C(C)O)[C@@H]1Cc2cc3cc(OC4CC(OC5CC(O)C(O)C(C)O5)C(O)C(C)O4)cc(O)c3c(O)c2C(=O)[C@H]1OC1CC(OC2CC(OC3CC(C)(O)C(O)C(C)O3)C(O)C(C)O2)C(O)C(C)O1. The lowest BCUT2D eigenvalue weighted by Crippen LogP contribution is -2.58. The first-order valence-electron chi connectivity index (χ1n) is 25.0. The van der Waals surface area contributed by atoms with Gasteiger partial charge in [0.25, 0.3) is 0 Å². The molecule has 0 saturated carbocycles. The standard InChI is InChI=1S/C50H72O23/c1-18(51)40(54)47(63-8)27-11-25-9-24-10-26(69-34-14-30(42(56)20(3)65-34)70-33-13-29(53)41(55)19(2)64-33)12-28(52)38(24)45(59)39(25)46(60)48(27)73-36-16-31(43(57)22(5)67-36)71-35-15-32(44(58)21(4)66-35)72-37-17-50(7,62)49(61)23(6)68-37/h9-10,12,18-23,27,29-37,41-44,47-49,51-53,55-59,61-62H,11,13-17H2,1-8H3/t18?,19?,20?,21?,22?,23?,27-,29?,30?,31?,32?,33?,34?,35?,36?,37?,41?,42?,43?,44?,47?,48-,49?,50?/m0/s1. The van der Waals surface area contributed by atoms with Crippen molar-refractivity contribution < 1.29 is 113 Å². The van der Waals surface area contributed by atoms with E-state index in [1.807, 2.05) is 0 Å². The smallest absolute Gasteiger partial charge is 0.202 e. The highest BCUT2D eigenvalue weighted by Gasteiger charge is 2.51. The van der Waals surface area contributed by atoms with Crippen molar-refractivity contribution >= 4 is 22.3 Å². The second kappa shape index (κ2) is 22.4. The molecule has 0 spiro atoms. The molecule has 2 aromatic carbocycles. The summed E-state index contributed by atoms with van der Waals surface area (Å²) in [5, 5.41) is 109. The molecule has 0 radical (unpaired) electrons. The fourth-order valence-electron chi connectivity index (χ4n) is 11.0. The summed E-state index contributed by atoms with van der Waals surface area (Å²) in [6, 6.07) is 4.26. The molecule has 23 heteroatoms. The Hall–Kier alpha value is -3.28. The number of fused-ring (bicyclic) bond motifs is 2. The van der Waals surface area contributed by atoms with E-state index >= 15 is 0 Å². The number of carbonyl (C=O) groups is 2. The summed E-state index contributed by atoms with van der Waals surface area (Å²) >= 11 is 0. The molecule has 8 rings (SSSR count). The number of hydrogen-bond donors (Lipinski definition) is 10. The van der Waals surface area contributed by atoms with Gasteiger partial charge >= 0.3 is 0 Å². The highest BCUT2D eigenvalue weighted by atomic mass is 16.7. The number of Topliss-reactive ketones (excluding diaryl/α,β-unsaturated/α-hetero) is 2. The van der Waals surface area contributed by atoms with Crippen molar-refractivity contribution in [2.45, 2.75) is 228 Å². The van der Waals surface area contributed by atoms with Gasteiger partial charge in [-0.3, -0.25) is 9.59 Å². The molecule has 2 aromatic rings. The van der Waals surface area contributed by atoms with Crippen LogP contribution in [-0.4, -0.2) is 211 Å². The first-order valence-corrected chi connectivity index (χ1v) is 25.0. The molecule has 0 amide bonds. The Morgan fingerprint density at radius 2 is 1.18 bits per heavy atom. The van der Waals surface area contributed by atoms with E-state index in [-0.39, 0.29) is 66.2 Å². The second-order valence-corrected chi connectivity index (χ2v) is 20.8. The van der Waals surface area contributed by atoms with Gasteiger partial charge in [-0.1, -0.05) is 0 Å². The van der Waals surface area contributed by atoms with Crippen LogP contribution in [0.25, 0.3) is 10.8 Å². The number of aliphatic hydroxyl groups is 8. The summed E-state index contributed by atoms with van der Waals surface area (Å²) in [7, 11) is 1.24. The number of carbonyl (C=O) groups excluding carboxylic acids is 2. The van der Waals surface area contributed by atoms with Crippen molar-refractivity contribution in [1.29, 1.82) is 0 Å². The minimum absolute atomic E-state index is 0.0171. The predicted molar refractivity (Wildman–Crippen MR) is 248 cm³/mol. The van der Waals surface area contributed by atoms with Gasteiger partial charge in [0.1, 0.15) is 66.1 Å². The number of benzene rings is 2. The van der Waals surface area contributed by atoms with E-state index in [0.717, 1.165) is 0 Å². The lowest BCUT2D eigenvalue weighted by Gasteiger charge is -2.46. The number of hydrogen-bond acceptors (Lipinski definition) is 23. The van der Waals surface area contributed by atoms with E-state index in [1.165, 1.54) is 33.1 Å². The average molecular weight is 1040 g/mol. The Bertz CT molecular complexity index is 2250. The summed E-state index contributed by atoms with van der Waals surface area (Å²) in [6.45, 7) is 10.7. The molecule has 5 fully saturated rings. The van der Waals surface area contributed by atoms with Crippen LogP contribution in [-0.2, 0) is 58.6 Å². The molecule has 23 nitrogen and oxygen atoms in total. The van der Waals surface area contributed by atoms with Gasteiger partial charge < -0.3 is 103 Å². The van der Waals surface area contributed by atoms with Gasteiger partial charge in [0.05, 0.1) is 71.5 Å². The largest absolute Gasteiger partial charge is 0.507 e. The molecule has 6 aliphatic rings. The summed E-state index contributed by atoms with van der Waals surface area (Å²) in [4.78, 5) is 28.4. The number of ether oxygens (including phenoxy) is 11. The number of methoxy groups -OCH3 is 1. The second-order valence-electron chi connectivity index (χ2n) is 20.8. The first-order chi connectivity index (χ1) is 34.3. The van der Waals surface area contributed by atoms with Crippen LogP contribution in [0.5, 0.6) is 17.2 Å². The van der Waals surface area contributed by atoms with Crippen LogP contribution < -0.4 is 4.74 Å². The topological polar surface area (TPSA) is 338 Å². The minimum Gasteiger partial charge on any atom is -0.507 e. The van der Waals surface area contributed by atoms with E-state index in [1.54, 1.807) is 40.7 Å². The zero-order chi connectivity index (χ0) is 53.1. The van der Waals surface area contributed by atoms with Crippen molar-refractivity contribution in [2.24, 2.45) is 5.92 Å². The fourth-order valence-corrected chi connectivity index (χ4v) is 11.0. The van der Waals surface area contributed by atoms with Gasteiger partial charge in [-0.2, -0.15) is 0 Å². The maximum Gasteiger partial charge on any atom is 0.202 e. The highest BCUT2D eigenvalue weighted by molar-refractivity contribution is 6.11. The molecule has 5 saturated heterocycles. The van der Waals surface area contributed by atoms with Crippen molar-refractivity contribution in [2.75, 3.05) is 7.11 Å². The molecule has 5 aliphatic heterocycles. The summed E-state index contributed by atoms with van der Waals surface area (Å²) in [5.41, 5.74) is -1.50. The Kier molecular flexibility index (Phi) is 17.1. The van der Waals surface area contributed by atoms with Gasteiger partial charge in [-0.15, -0.1) is 0 Å². The number of ketones is 2. The molecule has 0 aromatic heterocycles. The molecule has 410 valence electrons. The number of phenolic OH excluding ortho intramolecular Hbond substituents is 2. The van der Waals surface area contributed by atoms with E-state index < -0.39 is 170 Å². The van der Waals surface area contributed by atoms with Crippen molar-refractivity contribution in [1.82, 2.24) is 0 Å². The number of aromatic hydroxyl groups is 2. The number of rotatable bonds is 14. The summed E-state index contributed by atoms with van der Waals surface area (Å²) in [6.07, 6.45) is -24.1. The normalized spacial score (nSPS) is 43.3. The lowest BCUT2D eigenvalue weighted by atomic mass is 9.75. The van der Waals surface area contributed by atoms with Gasteiger partial charge in [0.2, 0.25) is 6.29 Å². The monoisotopic (exact) mass is 1040 g/mol. The van der Waals surface area contributed by atoms with E-state index in [9.17, 15) is 60.7 Å². The molecular formula is C50H72O23. The molecule has 1 aliphatic carbocycles. The van der Waals surface area contributed by atoms with Crippen molar-refractivity contribution in [3.05, 3.63) is 29.3 Å². The number of phenols is 2. The molecular weight excluding hydrogens is 969 g/mol. The van der Waals surface area contributed by atoms with Crippen LogP contribution in [0.4, 0.5) is 0 Å². The zero-order valence-corrected chi connectivity index (χ0v) is 42.0. The third-order valence-corrected chi connectivity index (χ3v) is 15.1. The molecule has 10 N–H and O–H groups in total. The molecule has 73 heavy (non-hydrogen) atoms. The Morgan fingerprint density at radius 1 is 0.685 bits per heavy atom. The van der Waals surface area contributed by atoms with E-state index in [2.05, 4.69) is 0 Å². The van der Waals surface area contributed by atoms with Crippen LogP contribution in [0.3, 0.4) is 0 Å². The predicted octanol–water partition coefficient (Wildman–Crippen LogP) is 0.0814. The van der Waals surface area contributed by atoms with Crippen LogP contribution >= 0.6 is 0 Å². The third-order valence-electron chi connectivity index (χ3n) is 15.1. The van der Waals surface area contributed by atoms with Crippen LogP contribution in [0.2, 0.25) is 0 Å². The fraction of sp³-hybridized carbons (Fsp3) is 0.760. The van der Waals surface area contributed by atoms with E-state index in [0.29, 0.717) is 0 Å². The van der Waals surface area contributed by atoms with Crippen molar-refractivity contribution in [3.63, 3.8) is 0 Å². The first kappa shape index (κ1) is 55.9. The minimum atomic E-state index is -1.57. The molecule has 24 atom stereocenters. The zero-order valence-electron chi connectivity index (χ0n) is 42.0. The van der Waals surface area contributed by atoms with Crippen molar-refractivity contribution in [3.8, 4) is 17.2 Å². The van der Waals surface area contributed by atoms with Gasteiger partial charge in [0, 0.05) is 51.2 Å². The Labute approximate surface area is 421 Å². The average Bonchev–Trinajstić information content (AvgIpc) is 3.30. The maximum absolute atomic E-state index is 14.9. The molecule has 22 unspecified atom stereocenters. The lowest BCUT2D eigenvalue weighted by molar-refractivity contribution is -0.334. The Balaban J connectivity index is 1.01. The van der Waals surface area contributed by atoms with Gasteiger partial charge in [-0.25, -0.2) is 0 Å².